The molecule has 0 aliphatic carbocycles. The summed E-state index contributed by atoms with van der Waals surface area (Å²) in [5, 5.41) is 3.25. The van der Waals surface area contributed by atoms with Crippen molar-refractivity contribution < 1.29 is 13.9 Å². The molecule has 0 radical (unpaired) electrons. The summed E-state index contributed by atoms with van der Waals surface area (Å²) in [5.41, 5.74) is 0.850. The number of hydrogen-bond donors (Lipinski definition) is 1. The van der Waals surface area contributed by atoms with Crippen LogP contribution < -0.4 is 10.1 Å². The molecule has 1 heterocycles. The molecule has 1 aromatic rings. The zero-order chi connectivity index (χ0) is 13.7. The first-order valence-corrected chi connectivity index (χ1v) is 6.50. The van der Waals surface area contributed by atoms with Crippen LogP contribution in [0.2, 0.25) is 0 Å². The molecule has 0 bridgehead atoms. The maximum absolute atomic E-state index is 13.4. The van der Waals surface area contributed by atoms with Crippen molar-refractivity contribution in [3.05, 3.63) is 29.8 Å². The van der Waals surface area contributed by atoms with E-state index in [0.717, 1.165) is 31.7 Å². The smallest absolute Gasteiger partial charge is 0.308 e. The number of benzene rings is 1. The first-order chi connectivity index (χ1) is 9.20. The normalized spacial score (nSPS) is 18.0. The lowest BCUT2D eigenvalue weighted by Crippen LogP contribution is -2.45. The topological polar surface area (TPSA) is 41.6 Å². The van der Waals surface area contributed by atoms with Crippen LogP contribution in [-0.2, 0) is 4.79 Å². The average molecular weight is 266 g/mol. The number of nitrogens with one attached hydrogen (secondary N) is 1. The number of halogens is 1. The third-order valence-electron chi connectivity index (χ3n) is 3.24. The second-order valence-corrected chi connectivity index (χ2v) is 4.62. The second kappa shape index (κ2) is 6.63. The summed E-state index contributed by atoms with van der Waals surface area (Å²) in [7, 11) is 0. The molecule has 1 aliphatic heterocycles. The molecule has 2 rings (SSSR count). The van der Waals surface area contributed by atoms with Crippen LogP contribution in [0.5, 0.6) is 5.75 Å². The number of piperazine rings is 1. The van der Waals surface area contributed by atoms with Crippen molar-refractivity contribution in [1.29, 1.82) is 0 Å². The van der Waals surface area contributed by atoms with Crippen molar-refractivity contribution in [2.45, 2.75) is 13.0 Å². The number of carbonyl (C=O) groups is 1. The van der Waals surface area contributed by atoms with Gasteiger partial charge in [0, 0.05) is 33.1 Å². The SMILES string of the molecule is CC(=O)Oc1cccc([C@@H](CF)N2CCNCC2)c1. The van der Waals surface area contributed by atoms with Gasteiger partial charge in [0.1, 0.15) is 12.4 Å². The van der Waals surface area contributed by atoms with Crippen LogP contribution in [0.15, 0.2) is 24.3 Å². The number of hydrogen-bond acceptors (Lipinski definition) is 4. The van der Waals surface area contributed by atoms with Crippen LogP contribution in [-0.4, -0.2) is 43.7 Å². The van der Waals surface area contributed by atoms with Gasteiger partial charge in [0.05, 0.1) is 6.04 Å². The Morgan fingerprint density at radius 1 is 1.47 bits per heavy atom. The lowest BCUT2D eigenvalue weighted by atomic mass is 10.1. The molecule has 0 saturated carbocycles. The fourth-order valence-corrected chi connectivity index (χ4v) is 2.34. The Hall–Kier alpha value is -1.46. The van der Waals surface area contributed by atoms with Gasteiger partial charge >= 0.3 is 5.97 Å². The van der Waals surface area contributed by atoms with Gasteiger partial charge in [0.25, 0.3) is 0 Å². The summed E-state index contributed by atoms with van der Waals surface area (Å²) in [6.07, 6.45) is 0. The number of alkyl halides is 1. The Kier molecular flexibility index (Phi) is 4.87. The van der Waals surface area contributed by atoms with Gasteiger partial charge in [-0.15, -0.1) is 0 Å². The molecular formula is C14H19FN2O2. The van der Waals surface area contributed by atoms with Crippen molar-refractivity contribution in [3.8, 4) is 5.75 Å². The molecule has 1 saturated heterocycles. The molecule has 0 amide bonds. The zero-order valence-electron chi connectivity index (χ0n) is 11.1. The highest BCUT2D eigenvalue weighted by Gasteiger charge is 2.22. The summed E-state index contributed by atoms with van der Waals surface area (Å²) >= 11 is 0. The molecule has 1 fully saturated rings. The molecule has 104 valence electrons. The Morgan fingerprint density at radius 2 is 2.21 bits per heavy atom. The third kappa shape index (κ3) is 3.75. The summed E-state index contributed by atoms with van der Waals surface area (Å²) in [6, 6.07) is 6.85. The van der Waals surface area contributed by atoms with Crippen LogP contribution in [0.1, 0.15) is 18.5 Å². The lowest BCUT2D eigenvalue weighted by Gasteiger charge is -2.33. The fraction of sp³-hybridized carbons (Fsp3) is 0.500. The van der Waals surface area contributed by atoms with E-state index in [0.29, 0.717) is 5.75 Å². The van der Waals surface area contributed by atoms with E-state index in [9.17, 15) is 9.18 Å². The van der Waals surface area contributed by atoms with Crippen LogP contribution in [0.3, 0.4) is 0 Å². The Labute approximate surface area is 112 Å². The van der Waals surface area contributed by atoms with Crippen LogP contribution in [0, 0.1) is 0 Å². The maximum Gasteiger partial charge on any atom is 0.308 e. The minimum atomic E-state index is -0.441. The summed E-state index contributed by atoms with van der Waals surface area (Å²) in [5.74, 6) is 0.106. The number of rotatable bonds is 4. The van der Waals surface area contributed by atoms with Gasteiger partial charge in [-0.2, -0.15) is 0 Å². The minimum Gasteiger partial charge on any atom is -0.427 e. The Morgan fingerprint density at radius 3 is 2.84 bits per heavy atom. The lowest BCUT2D eigenvalue weighted by molar-refractivity contribution is -0.131. The highest BCUT2D eigenvalue weighted by Crippen LogP contribution is 2.25. The molecule has 0 unspecified atom stereocenters. The largest absolute Gasteiger partial charge is 0.427 e. The van der Waals surface area contributed by atoms with E-state index in [1.165, 1.54) is 6.92 Å². The van der Waals surface area contributed by atoms with E-state index in [4.69, 9.17) is 4.74 Å². The van der Waals surface area contributed by atoms with Gasteiger partial charge in [-0.1, -0.05) is 12.1 Å². The van der Waals surface area contributed by atoms with Crippen molar-refractivity contribution in [2.24, 2.45) is 0 Å². The van der Waals surface area contributed by atoms with E-state index in [-0.39, 0.29) is 12.0 Å². The Balaban J connectivity index is 2.15. The van der Waals surface area contributed by atoms with Gasteiger partial charge in [-0.3, -0.25) is 9.69 Å². The standard InChI is InChI=1S/C14H19FN2O2/c1-11(18)19-13-4-2-3-12(9-13)14(10-15)17-7-5-16-6-8-17/h2-4,9,14,16H,5-8,10H2,1H3/t14-/m1/s1. The average Bonchev–Trinajstić information content (AvgIpc) is 2.40. The molecule has 19 heavy (non-hydrogen) atoms. The predicted octanol–water partition coefficient (Wildman–Crippen LogP) is 1.53. The molecule has 1 aromatic carbocycles. The molecule has 0 aromatic heterocycles. The van der Waals surface area contributed by atoms with E-state index >= 15 is 0 Å². The van der Waals surface area contributed by atoms with Gasteiger partial charge in [-0.05, 0) is 17.7 Å². The van der Waals surface area contributed by atoms with Crippen LogP contribution in [0.25, 0.3) is 0 Å². The van der Waals surface area contributed by atoms with Crippen LogP contribution in [0.4, 0.5) is 4.39 Å². The fourth-order valence-electron chi connectivity index (χ4n) is 2.34. The molecule has 4 nitrogen and oxygen atoms in total. The van der Waals surface area contributed by atoms with Gasteiger partial charge < -0.3 is 10.1 Å². The number of nitrogens with zero attached hydrogens (tertiary/aromatic N) is 1. The van der Waals surface area contributed by atoms with Crippen molar-refractivity contribution in [1.82, 2.24) is 10.2 Å². The van der Waals surface area contributed by atoms with Crippen molar-refractivity contribution in [2.75, 3.05) is 32.9 Å². The summed E-state index contributed by atoms with van der Waals surface area (Å²) in [4.78, 5) is 13.1. The molecule has 5 heteroatoms. The number of esters is 1. The second-order valence-electron chi connectivity index (χ2n) is 4.62. The summed E-state index contributed by atoms with van der Waals surface area (Å²) < 4.78 is 18.4. The van der Waals surface area contributed by atoms with E-state index in [1.54, 1.807) is 18.2 Å². The minimum absolute atomic E-state index is 0.266. The highest BCUT2D eigenvalue weighted by molar-refractivity contribution is 5.69. The third-order valence-corrected chi connectivity index (χ3v) is 3.24. The number of ether oxygens (including phenoxy) is 1. The monoisotopic (exact) mass is 266 g/mol. The Bertz CT molecular complexity index is 433. The van der Waals surface area contributed by atoms with E-state index in [1.807, 2.05) is 6.07 Å². The first kappa shape index (κ1) is 14.0. The predicted molar refractivity (Wildman–Crippen MR) is 70.9 cm³/mol. The quantitative estimate of drug-likeness (QED) is 0.663. The summed E-state index contributed by atoms with van der Waals surface area (Å²) in [6.45, 7) is 4.32. The first-order valence-electron chi connectivity index (χ1n) is 6.50. The van der Waals surface area contributed by atoms with Gasteiger partial charge in [0.2, 0.25) is 0 Å². The highest BCUT2D eigenvalue weighted by atomic mass is 19.1. The molecular weight excluding hydrogens is 247 g/mol. The molecule has 1 N–H and O–H groups in total. The van der Waals surface area contributed by atoms with E-state index < -0.39 is 6.67 Å². The van der Waals surface area contributed by atoms with Crippen molar-refractivity contribution >= 4 is 5.97 Å². The van der Waals surface area contributed by atoms with Crippen molar-refractivity contribution in [3.63, 3.8) is 0 Å². The van der Waals surface area contributed by atoms with E-state index in [2.05, 4.69) is 10.2 Å². The number of carbonyl (C=O) groups excluding carboxylic acids is 1. The zero-order valence-corrected chi connectivity index (χ0v) is 11.1. The maximum atomic E-state index is 13.4. The van der Waals surface area contributed by atoms with Gasteiger partial charge in [0.15, 0.2) is 0 Å². The van der Waals surface area contributed by atoms with Gasteiger partial charge in [-0.25, -0.2) is 4.39 Å². The molecule has 1 atom stereocenters. The van der Waals surface area contributed by atoms with Crippen LogP contribution >= 0.6 is 0 Å². The molecule has 0 spiro atoms. The molecule has 1 aliphatic rings.